The van der Waals surface area contributed by atoms with E-state index < -0.39 is 6.10 Å². The largest absolute Gasteiger partial charge is 0.491 e. The van der Waals surface area contributed by atoms with Crippen LogP contribution in [0, 0.1) is 5.82 Å². The normalized spacial score (nSPS) is 12.7. The molecule has 6 heteroatoms. The van der Waals surface area contributed by atoms with Gasteiger partial charge < -0.3 is 20.9 Å². The molecule has 0 saturated heterocycles. The van der Waals surface area contributed by atoms with Crippen molar-refractivity contribution in [3.63, 3.8) is 0 Å². The Morgan fingerprint density at radius 3 is 2.58 bits per heavy atom. The van der Waals surface area contributed by atoms with Crippen molar-refractivity contribution in [1.29, 1.82) is 0 Å². The van der Waals surface area contributed by atoms with Gasteiger partial charge in [0, 0.05) is 6.54 Å². The van der Waals surface area contributed by atoms with Crippen molar-refractivity contribution in [2.24, 2.45) is 10.7 Å². The Morgan fingerprint density at radius 2 is 1.88 bits per heavy atom. The lowest BCUT2D eigenvalue weighted by atomic mass is 10.1. The molecule has 4 N–H and O–H groups in total. The van der Waals surface area contributed by atoms with E-state index >= 15 is 0 Å². The van der Waals surface area contributed by atoms with Crippen LogP contribution in [0.2, 0.25) is 0 Å². The number of hydrogen-bond acceptors (Lipinski definition) is 3. The summed E-state index contributed by atoms with van der Waals surface area (Å²) in [6, 6.07) is 15.7. The predicted octanol–water partition coefficient (Wildman–Crippen LogP) is 1.71. The van der Waals surface area contributed by atoms with Crippen LogP contribution < -0.4 is 15.8 Å². The number of aliphatic hydroxyl groups is 1. The van der Waals surface area contributed by atoms with E-state index in [4.69, 9.17) is 10.5 Å². The van der Waals surface area contributed by atoms with Crippen molar-refractivity contribution in [3.05, 3.63) is 66.0 Å². The van der Waals surface area contributed by atoms with Gasteiger partial charge in [-0.1, -0.05) is 30.3 Å². The minimum absolute atomic E-state index is 0.0619. The number of guanidine groups is 1. The molecule has 0 heterocycles. The standard InChI is InChI=1S/C18H22FN3O2/c19-15-6-8-17(9-7-15)24-13-16(23)12-22-18(20)21-11-10-14-4-2-1-3-5-14/h1-9,16,23H,10-13H2,(H3,20,21,22). The van der Waals surface area contributed by atoms with E-state index in [0.29, 0.717) is 12.3 Å². The topological polar surface area (TPSA) is 79.9 Å². The summed E-state index contributed by atoms with van der Waals surface area (Å²) in [4.78, 5) is 4.07. The van der Waals surface area contributed by atoms with Crippen LogP contribution >= 0.6 is 0 Å². The third-order valence-corrected chi connectivity index (χ3v) is 3.29. The van der Waals surface area contributed by atoms with Crippen LogP contribution in [0.3, 0.4) is 0 Å². The molecule has 0 spiro atoms. The van der Waals surface area contributed by atoms with Gasteiger partial charge in [0.25, 0.3) is 0 Å². The van der Waals surface area contributed by atoms with Gasteiger partial charge in [-0.05, 0) is 36.2 Å². The van der Waals surface area contributed by atoms with Crippen LogP contribution in [0.4, 0.5) is 4.39 Å². The number of aliphatic imine (C=N–C) groups is 1. The molecule has 0 saturated carbocycles. The summed E-state index contributed by atoms with van der Waals surface area (Å²) < 4.78 is 18.1. The molecule has 0 aliphatic rings. The average molecular weight is 331 g/mol. The predicted molar refractivity (Wildman–Crippen MR) is 92.5 cm³/mol. The van der Waals surface area contributed by atoms with E-state index in [1.165, 1.54) is 29.8 Å². The SMILES string of the molecule is NC(=NCC(O)COc1ccc(F)cc1)NCCc1ccccc1. The van der Waals surface area contributed by atoms with E-state index in [0.717, 1.165) is 6.42 Å². The van der Waals surface area contributed by atoms with Gasteiger partial charge in [0.05, 0.1) is 6.54 Å². The maximum atomic E-state index is 12.8. The Morgan fingerprint density at radius 1 is 1.17 bits per heavy atom. The molecule has 0 aromatic heterocycles. The first-order valence-corrected chi connectivity index (χ1v) is 7.77. The maximum Gasteiger partial charge on any atom is 0.188 e. The van der Waals surface area contributed by atoms with Gasteiger partial charge in [0.1, 0.15) is 24.3 Å². The van der Waals surface area contributed by atoms with Crippen molar-refractivity contribution in [1.82, 2.24) is 5.32 Å². The Kier molecular flexibility index (Phi) is 7.04. The van der Waals surface area contributed by atoms with E-state index in [-0.39, 0.29) is 24.9 Å². The van der Waals surface area contributed by atoms with Gasteiger partial charge in [-0.25, -0.2) is 4.39 Å². The van der Waals surface area contributed by atoms with E-state index in [2.05, 4.69) is 10.3 Å². The first-order chi connectivity index (χ1) is 11.6. The molecule has 0 amide bonds. The second-order valence-electron chi connectivity index (χ2n) is 5.31. The zero-order valence-electron chi connectivity index (χ0n) is 13.4. The Balaban J connectivity index is 1.64. The lowest BCUT2D eigenvalue weighted by molar-refractivity contribution is 0.114. The molecule has 0 aliphatic carbocycles. The molecule has 2 rings (SSSR count). The molecule has 2 aromatic rings. The number of ether oxygens (including phenoxy) is 1. The summed E-state index contributed by atoms with van der Waals surface area (Å²) in [6.07, 6.45) is 0.0531. The summed E-state index contributed by atoms with van der Waals surface area (Å²) in [7, 11) is 0. The van der Waals surface area contributed by atoms with Gasteiger partial charge in [0.15, 0.2) is 5.96 Å². The van der Waals surface area contributed by atoms with E-state index in [9.17, 15) is 9.50 Å². The summed E-state index contributed by atoms with van der Waals surface area (Å²) in [5.74, 6) is 0.446. The molecular weight excluding hydrogens is 309 g/mol. The summed E-state index contributed by atoms with van der Waals surface area (Å²) in [5, 5.41) is 12.8. The van der Waals surface area contributed by atoms with Crippen molar-refractivity contribution in [3.8, 4) is 5.75 Å². The summed E-state index contributed by atoms with van der Waals surface area (Å²) in [6.45, 7) is 0.860. The number of rotatable bonds is 8. The van der Waals surface area contributed by atoms with Gasteiger partial charge in [-0.3, -0.25) is 4.99 Å². The van der Waals surface area contributed by atoms with Crippen molar-refractivity contribution in [2.75, 3.05) is 19.7 Å². The number of nitrogens with zero attached hydrogens (tertiary/aromatic N) is 1. The molecule has 0 radical (unpaired) electrons. The second-order valence-corrected chi connectivity index (χ2v) is 5.31. The van der Waals surface area contributed by atoms with Gasteiger partial charge in [-0.2, -0.15) is 0 Å². The number of benzene rings is 2. The van der Waals surface area contributed by atoms with Crippen molar-refractivity contribution in [2.45, 2.75) is 12.5 Å². The van der Waals surface area contributed by atoms with Crippen LogP contribution in [-0.2, 0) is 6.42 Å². The quantitative estimate of drug-likeness (QED) is 0.508. The fraction of sp³-hybridized carbons (Fsp3) is 0.278. The number of nitrogens with one attached hydrogen (secondary N) is 1. The highest BCUT2D eigenvalue weighted by molar-refractivity contribution is 5.77. The molecular formula is C18H22FN3O2. The zero-order chi connectivity index (χ0) is 17.2. The smallest absolute Gasteiger partial charge is 0.188 e. The van der Waals surface area contributed by atoms with Crippen LogP contribution in [0.25, 0.3) is 0 Å². The Hall–Kier alpha value is -2.60. The first-order valence-electron chi connectivity index (χ1n) is 7.77. The highest BCUT2D eigenvalue weighted by Gasteiger charge is 2.05. The average Bonchev–Trinajstić information content (AvgIpc) is 2.60. The van der Waals surface area contributed by atoms with Crippen LogP contribution in [-0.4, -0.2) is 36.9 Å². The Labute approximate surface area is 141 Å². The fourth-order valence-electron chi connectivity index (χ4n) is 2.02. The third-order valence-electron chi connectivity index (χ3n) is 3.29. The first kappa shape index (κ1) is 17.7. The van der Waals surface area contributed by atoms with Crippen molar-refractivity contribution < 1.29 is 14.2 Å². The third kappa shape index (κ3) is 6.66. The molecule has 1 atom stereocenters. The van der Waals surface area contributed by atoms with E-state index in [1.807, 2.05) is 30.3 Å². The second kappa shape index (κ2) is 9.52. The summed E-state index contributed by atoms with van der Waals surface area (Å²) in [5.41, 5.74) is 6.97. The Bertz CT molecular complexity index is 632. The lowest BCUT2D eigenvalue weighted by Crippen LogP contribution is -2.34. The molecule has 128 valence electrons. The molecule has 0 aliphatic heterocycles. The van der Waals surface area contributed by atoms with Crippen LogP contribution in [0.1, 0.15) is 5.56 Å². The van der Waals surface area contributed by atoms with Crippen molar-refractivity contribution >= 4 is 5.96 Å². The zero-order valence-corrected chi connectivity index (χ0v) is 13.4. The van der Waals surface area contributed by atoms with Gasteiger partial charge in [-0.15, -0.1) is 0 Å². The number of hydrogen-bond donors (Lipinski definition) is 3. The maximum absolute atomic E-state index is 12.8. The van der Waals surface area contributed by atoms with E-state index in [1.54, 1.807) is 0 Å². The van der Waals surface area contributed by atoms with Gasteiger partial charge >= 0.3 is 0 Å². The minimum atomic E-state index is -0.787. The minimum Gasteiger partial charge on any atom is -0.491 e. The highest BCUT2D eigenvalue weighted by Crippen LogP contribution is 2.11. The number of aliphatic hydroxyl groups excluding tert-OH is 1. The monoisotopic (exact) mass is 331 g/mol. The van der Waals surface area contributed by atoms with Crippen LogP contribution in [0.15, 0.2) is 59.6 Å². The number of halogens is 1. The highest BCUT2D eigenvalue weighted by atomic mass is 19.1. The molecule has 1 unspecified atom stereocenters. The molecule has 2 aromatic carbocycles. The number of nitrogens with two attached hydrogens (primary N) is 1. The molecule has 0 bridgehead atoms. The fourth-order valence-corrected chi connectivity index (χ4v) is 2.02. The summed E-state index contributed by atoms with van der Waals surface area (Å²) >= 11 is 0. The molecule has 0 fully saturated rings. The van der Waals surface area contributed by atoms with Crippen LogP contribution in [0.5, 0.6) is 5.75 Å². The molecule has 5 nitrogen and oxygen atoms in total. The van der Waals surface area contributed by atoms with Gasteiger partial charge in [0.2, 0.25) is 0 Å². The molecule has 24 heavy (non-hydrogen) atoms. The lowest BCUT2D eigenvalue weighted by Gasteiger charge is -2.11.